The Morgan fingerprint density at radius 1 is 1.34 bits per heavy atom. The first kappa shape index (κ1) is 21.8. The van der Waals surface area contributed by atoms with Gasteiger partial charge in [-0.05, 0) is 47.1 Å². The highest BCUT2D eigenvalue weighted by Gasteiger charge is 2.16. The first-order valence-corrected chi connectivity index (χ1v) is 10.8. The van der Waals surface area contributed by atoms with E-state index in [1.165, 1.54) is 10.9 Å². The van der Waals surface area contributed by atoms with E-state index in [-0.39, 0.29) is 28.0 Å². The van der Waals surface area contributed by atoms with Gasteiger partial charge in [-0.1, -0.05) is 41.4 Å². The number of hydrogen-bond donors (Lipinski definition) is 1. The fraction of sp³-hybridized carbons (Fsp3) is 0.250. The number of halogens is 3. The van der Waals surface area contributed by atoms with Crippen molar-refractivity contribution in [2.24, 2.45) is 5.10 Å². The quantitative estimate of drug-likeness (QED) is 0.420. The number of aromatic hydroxyl groups is 1. The standard InChI is InChI=1S/C20H18Br2ClN3O3/c1-4-29-15-7-11(16(22)17(23)18(15)27)9-24-26-19(10(2)3)25-14-6-5-12(21)8-13(14)20(26)28/h5-10,27H,4H2,1-3H3. The second-order valence-corrected chi connectivity index (χ2v) is 8.61. The Morgan fingerprint density at radius 3 is 2.72 bits per heavy atom. The van der Waals surface area contributed by atoms with E-state index in [1.54, 1.807) is 25.1 Å². The van der Waals surface area contributed by atoms with Crippen molar-refractivity contribution in [3.05, 3.63) is 60.0 Å². The van der Waals surface area contributed by atoms with Gasteiger partial charge in [-0.15, -0.1) is 0 Å². The van der Waals surface area contributed by atoms with Crippen LogP contribution in [-0.2, 0) is 0 Å². The van der Waals surface area contributed by atoms with Crippen LogP contribution in [0.3, 0.4) is 0 Å². The van der Waals surface area contributed by atoms with E-state index in [1.807, 2.05) is 19.9 Å². The lowest BCUT2D eigenvalue weighted by Crippen LogP contribution is -2.23. The van der Waals surface area contributed by atoms with Crippen LogP contribution in [0.2, 0.25) is 5.02 Å². The van der Waals surface area contributed by atoms with Gasteiger partial charge in [0.05, 0.1) is 23.7 Å². The zero-order valence-electron chi connectivity index (χ0n) is 15.9. The summed E-state index contributed by atoms with van der Waals surface area (Å²) in [7, 11) is 0. The zero-order valence-corrected chi connectivity index (χ0v) is 19.8. The molecule has 0 radical (unpaired) electrons. The second-order valence-electron chi connectivity index (χ2n) is 6.52. The number of rotatable bonds is 5. The first-order valence-electron chi connectivity index (χ1n) is 8.84. The van der Waals surface area contributed by atoms with Crippen molar-refractivity contribution >= 4 is 60.6 Å². The van der Waals surface area contributed by atoms with E-state index in [0.29, 0.717) is 33.4 Å². The molecule has 1 aromatic heterocycles. The minimum Gasteiger partial charge on any atom is -0.503 e. The summed E-state index contributed by atoms with van der Waals surface area (Å²) in [5.41, 5.74) is 0.885. The molecule has 0 saturated carbocycles. The third kappa shape index (κ3) is 4.34. The van der Waals surface area contributed by atoms with Crippen molar-refractivity contribution in [1.82, 2.24) is 9.66 Å². The topological polar surface area (TPSA) is 76.7 Å². The summed E-state index contributed by atoms with van der Waals surface area (Å²) in [5.74, 6) is 0.583. The molecule has 0 saturated heterocycles. The predicted octanol–water partition coefficient (Wildman–Crippen LogP) is 5.68. The van der Waals surface area contributed by atoms with Crippen LogP contribution in [0.4, 0.5) is 0 Å². The molecule has 0 unspecified atom stereocenters. The van der Waals surface area contributed by atoms with E-state index >= 15 is 0 Å². The molecule has 2 aromatic carbocycles. The van der Waals surface area contributed by atoms with Crippen LogP contribution in [0.15, 0.2) is 43.1 Å². The van der Waals surface area contributed by atoms with E-state index in [0.717, 1.165) is 4.47 Å². The number of hydrogen-bond acceptors (Lipinski definition) is 5. The molecule has 9 heteroatoms. The highest BCUT2D eigenvalue weighted by Crippen LogP contribution is 2.41. The molecule has 152 valence electrons. The molecular weight excluding hydrogens is 525 g/mol. The lowest BCUT2D eigenvalue weighted by Gasteiger charge is -2.13. The molecule has 0 aliphatic rings. The largest absolute Gasteiger partial charge is 0.503 e. The van der Waals surface area contributed by atoms with Gasteiger partial charge in [0.1, 0.15) is 10.8 Å². The molecule has 0 fully saturated rings. The minimum absolute atomic E-state index is 0.0290. The maximum absolute atomic E-state index is 13.1. The summed E-state index contributed by atoms with van der Waals surface area (Å²) < 4.78 is 7.93. The lowest BCUT2D eigenvalue weighted by molar-refractivity contribution is 0.318. The predicted molar refractivity (Wildman–Crippen MR) is 123 cm³/mol. The smallest absolute Gasteiger partial charge is 0.282 e. The maximum atomic E-state index is 13.1. The van der Waals surface area contributed by atoms with Gasteiger partial charge in [0.2, 0.25) is 0 Å². The average molecular weight is 544 g/mol. The molecule has 0 spiro atoms. The first-order chi connectivity index (χ1) is 13.7. The average Bonchev–Trinajstić information content (AvgIpc) is 2.68. The Hall–Kier alpha value is -1.90. The van der Waals surface area contributed by atoms with Gasteiger partial charge in [-0.25, -0.2) is 4.98 Å². The molecule has 3 aromatic rings. The molecule has 29 heavy (non-hydrogen) atoms. The SMILES string of the molecule is CCOc1cc(C=Nn2c(C(C)C)nc3ccc(Br)cc3c2=O)c(Br)c(Cl)c1O. The van der Waals surface area contributed by atoms with Gasteiger partial charge >= 0.3 is 0 Å². The van der Waals surface area contributed by atoms with Crippen molar-refractivity contribution in [3.63, 3.8) is 0 Å². The van der Waals surface area contributed by atoms with Crippen LogP contribution in [0.1, 0.15) is 38.1 Å². The number of benzene rings is 2. The molecule has 0 atom stereocenters. The summed E-state index contributed by atoms with van der Waals surface area (Å²) in [6, 6.07) is 6.97. The fourth-order valence-electron chi connectivity index (χ4n) is 2.74. The van der Waals surface area contributed by atoms with E-state index in [2.05, 4.69) is 41.9 Å². The van der Waals surface area contributed by atoms with Crippen LogP contribution in [0.5, 0.6) is 11.5 Å². The highest BCUT2D eigenvalue weighted by molar-refractivity contribution is 9.10. The van der Waals surface area contributed by atoms with Crippen molar-refractivity contribution < 1.29 is 9.84 Å². The number of phenols is 1. The van der Waals surface area contributed by atoms with Gasteiger partial charge in [-0.2, -0.15) is 9.78 Å². The molecule has 6 nitrogen and oxygen atoms in total. The lowest BCUT2D eigenvalue weighted by atomic mass is 10.2. The van der Waals surface area contributed by atoms with Crippen LogP contribution in [0.25, 0.3) is 10.9 Å². The second kappa shape index (κ2) is 8.85. The summed E-state index contributed by atoms with van der Waals surface area (Å²) in [6.07, 6.45) is 1.48. The minimum atomic E-state index is -0.276. The van der Waals surface area contributed by atoms with Crippen molar-refractivity contribution in [2.45, 2.75) is 26.7 Å². The molecule has 3 rings (SSSR count). The number of nitrogens with zero attached hydrogens (tertiary/aromatic N) is 3. The number of aromatic nitrogens is 2. The Kier molecular flexibility index (Phi) is 6.65. The van der Waals surface area contributed by atoms with E-state index in [9.17, 15) is 9.90 Å². The Bertz CT molecular complexity index is 1180. The number of ether oxygens (including phenoxy) is 1. The molecule has 1 N–H and O–H groups in total. The van der Waals surface area contributed by atoms with E-state index < -0.39 is 0 Å². The molecule has 0 aliphatic carbocycles. The maximum Gasteiger partial charge on any atom is 0.282 e. The van der Waals surface area contributed by atoms with Gasteiger partial charge < -0.3 is 9.84 Å². The van der Waals surface area contributed by atoms with Crippen LogP contribution >= 0.6 is 43.5 Å². The molecule has 0 bridgehead atoms. The molecule has 0 aliphatic heterocycles. The van der Waals surface area contributed by atoms with Crippen LogP contribution < -0.4 is 10.3 Å². The third-order valence-electron chi connectivity index (χ3n) is 4.14. The van der Waals surface area contributed by atoms with E-state index in [4.69, 9.17) is 16.3 Å². The summed E-state index contributed by atoms with van der Waals surface area (Å²) in [6.45, 7) is 6.05. The fourth-order valence-corrected chi connectivity index (χ4v) is 3.71. The third-order valence-corrected chi connectivity index (χ3v) is 6.08. The van der Waals surface area contributed by atoms with Gasteiger partial charge in [0, 0.05) is 20.4 Å². The van der Waals surface area contributed by atoms with Gasteiger partial charge in [-0.3, -0.25) is 4.79 Å². The Morgan fingerprint density at radius 2 is 2.07 bits per heavy atom. The van der Waals surface area contributed by atoms with Gasteiger partial charge in [0.25, 0.3) is 5.56 Å². The summed E-state index contributed by atoms with van der Waals surface area (Å²) in [4.78, 5) is 17.7. The van der Waals surface area contributed by atoms with Crippen LogP contribution in [-0.4, -0.2) is 27.6 Å². The Labute approximate surface area is 189 Å². The van der Waals surface area contributed by atoms with Gasteiger partial charge in [0.15, 0.2) is 11.5 Å². The summed E-state index contributed by atoms with van der Waals surface area (Å²) in [5, 5.41) is 15.1. The molecule has 1 heterocycles. The molecular formula is C20H18Br2ClN3O3. The Balaban J connectivity index is 2.20. The zero-order chi connectivity index (χ0) is 21.3. The number of fused-ring (bicyclic) bond motifs is 1. The summed E-state index contributed by atoms with van der Waals surface area (Å²) >= 11 is 12.9. The monoisotopic (exact) mass is 541 g/mol. The number of phenolic OH excluding ortho intramolecular Hbond substituents is 1. The normalized spacial score (nSPS) is 11.7. The van der Waals surface area contributed by atoms with Crippen molar-refractivity contribution in [1.29, 1.82) is 0 Å². The van der Waals surface area contributed by atoms with Crippen molar-refractivity contribution in [3.8, 4) is 11.5 Å². The van der Waals surface area contributed by atoms with Crippen LogP contribution in [0, 0.1) is 0 Å². The molecule has 0 amide bonds. The van der Waals surface area contributed by atoms with Crippen molar-refractivity contribution in [2.75, 3.05) is 6.61 Å². The highest BCUT2D eigenvalue weighted by atomic mass is 79.9.